The molecular weight excluding hydrogens is 628 g/mol. The number of hydrogen-bond acceptors (Lipinski definition) is 7. The van der Waals surface area contributed by atoms with Crippen LogP contribution in [0.3, 0.4) is 0 Å². The number of thiazole rings is 1. The highest BCUT2D eigenvalue weighted by Crippen LogP contribution is 2.36. The van der Waals surface area contributed by atoms with Crippen molar-refractivity contribution in [3.05, 3.63) is 118 Å². The molecule has 3 aromatic carbocycles. The van der Waals surface area contributed by atoms with Crippen LogP contribution in [0.5, 0.6) is 11.5 Å². The van der Waals surface area contributed by atoms with E-state index in [0.29, 0.717) is 43.7 Å². The van der Waals surface area contributed by atoms with E-state index < -0.39 is 12.0 Å². The number of fused-ring (bicyclic) bond motifs is 1. The highest BCUT2D eigenvalue weighted by Gasteiger charge is 2.35. The Bertz CT molecular complexity index is 1810. The van der Waals surface area contributed by atoms with Crippen LogP contribution in [-0.4, -0.2) is 30.9 Å². The van der Waals surface area contributed by atoms with Crippen LogP contribution < -0.4 is 24.4 Å². The molecule has 0 unspecified atom stereocenters. The van der Waals surface area contributed by atoms with Gasteiger partial charge in [-0.15, -0.1) is 0 Å². The minimum Gasteiger partial charge on any atom is -0.493 e. The lowest BCUT2D eigenvalue weighted by atomic mass is 9.93. The molecule has 10 heteroatoms. The summed E-state index contributed by atoms with van der Waals surface area (Å²) in [5, 5.41) is 0.542. The number of ether oxygens (including phenoxy) is 3. The molecule has 5 rings (SSSR count). The topological polar surface area (TPSA) is 79.1 Å². The fourth-order valence-corrected chi connectivity index (χ4v) is 6.19. The van der Waals surface area contributed by atoms with Crippen LogP contribution in [0.15, 0.2) is 86.6 Å². The molecule has 0 bridgehead atoms. The Kier molecular flexibility index (Phi) is 8.77. The quantitative estimate of drug-likeness (QED) is 0.226. The molecule has 2 heterocycles. The van der Waals surface area contributed by atoms with Crippen LogP contribution in [-0.2, 0) is 9.53 Å². The van der Waals surface area contributed by atoms with Gasteiger partial charge >= 0.3 is 5.97 Å². The number of esters is 1. The van der Waals surface area contributed by atoms with Crippen molar-refractivity contribution >= 4 is 56.6 Å². The van der Waals surface area contributed by atoms with Gasteiger partial charge in [0.25, 0.3) is 5.56 Å². The van der Waals surface area contributed by atoms with Crippen LogP contribution in [0, 0.1) is 0 Å². The minimum absolute atomic E-state index is 0.176. The molecule has 0 saturated carbocycles. The number of benzene rings is 3. The minimum atomic E-state index is -0.779. The molecule has 0 saturated heterocycles. The predicted molar refractivity (Wildman–Crippen MR) is 164 cm³/mol. The Labute approximate surface area is 254 Å². The van der Waals surface area contributed by atoms with Crippen molar-refractivity contribution in [2.75, 3.05) is 20.3 Å². The van der Waals surface area contributed by atoms with Gasteiger partial charge in [-0.3, -0.25) is 9.36 Å². The number of carbonyl (C=O) groups excluding carboxylic acids is 1. The van der Waals surface area contributed by atoms with E-state index >= 15 is 0 Å². The van der Waals surface area contributed by atoms with Crippen LogP contribution in [0.1, 0.15) is 36.6 Å². The summed E-state index contributed by atoms with van der Waals surface area (Å²) in [5.74, 6) is 0.600. The number of halogens is 2. The van der Waals surface area contributed by atoms with Gasteiger partial charge in [-0.25, -0.2) is 9.79 Å². The first-order chi connectivity index (χ1) is 19.9. The molecule has 1 atom stereocenters. The first-order valence-electron chi connectivity index (χ1n) is 12.9. The van der Waals surface area contributed by atoms with E-state index in [9.17, 15) is 9.59 Å². The molecule has 1 aliphatic rings. The average molecular weight is 654 g/mol. The summed E-state index contributed by atoms with van der Waals surface area (Å²) in [7, 11) is 1.57. The summed E-state index contributed by atoms with van der Waals surface area (Å²) in [6.45, 7) is 4.27. The lowest BCUT2D eigenvalue weighted by molar-refractivity contribution is -0.138. The SMILES string of the molecule is CCOC(=O)C1=C(c2ccccc2)N=c2s/c(=C/c3cc(OCC)c(OC)cc3Br)c(=O)n2[C@H]1c1ccc(Cl)cc1. The fourth-order valence-electron chi connectivity index (χ4n) is 4.63. The lowest BCUT2D eigenvalue weighted by Crippen LogP contribution is -2.40. The zero-order chi connectivity index (χ0) is 29.1. The standard InChI is InChI=1S/C31H26BrClN2O5S/c1-4-39-24-15-20(22(32)17-23(24)38-3)16-25-29(36)35-28(19-11-13-21(33)14-12-19)26(30(37)40-5-2)27(34-31(35)41-25)18-9-7-6-8-10-18/h6-17,28H,4-5H2,1-3H3/b25-16+/t28-/m0/s1. The van der Waals surface area contributed by atoms with Crippen LogP contribution in [0.2, 0.25) is 5.02 Å². The van der Waals surface area contributed by atoms with E-state index in [1.165, 1.54) is 11.3 Å². The molecule has 41 heavy (non-hydrogen) atoms. The van der Waals surface area contributed by atoms with Gasteiger partial charge in [0.15, 0.2) is 16.3 Å². The van der Waals surface area contributed by atoms with Gasteiger partial charge in [0, 0.05) is 15.1 Å². The molecule has 1 aromatic heterocycles. The molecule has 0 amide bonds. The predicted octanol–water partition coefficient (Wildman–Crippen LogP) is 5.76. The van der Waals surface area contributed by atoms with Gasteiger partial charge in [0.05, 0.1) is 42.2 Å². The summed E-state index contributed by atoms with van der Waals surface area (Å²) < 4.78 is 19.4. The van der Waals surface area contributed by atoms with Crippen molar-refractivity contribution in [3.8, 4) is 11.5 Å². The summed E-state index contributed by atoms with van der Waals surface area (Å²) in [6, 6.07) is 19.4. The third kappa shape index (κ3) is 5.75. The lowest BCUT2D eigenvalue weighted by Gasteiger charge is -2.25. The third-order valence-corrected chi connectivity index (χ3v) is 8.35. The van der Waals surface area contributed by atoms with Crippen LogP contribution >= 0.6 is 38.9 Å². The van der Waals surface area contributed by atoms with Gasteiger partial charge in [-0.05, 0) is 55.3 Å². The van der Waals surface area contributed by atoms with E-state index in [-0.39, 0.29) is 17.7 Å². The Morgan fingerprint density at radius 3 is 2.46 bits per heavy atom. The Morgan fingerprint density at radius 2 is 1.80 bits per heavy atom. The summed E-state index contributed by atoms with van der Waals surface area (Å²) in [5.41, 5.74) is 2.63. The number of carbonyl (C=O) groups is 1. The number of hydrogen-bond donors (Lipinski definition) is 0. The molecule has 7 nitrogen and oxygen atoms in total. The van der Waals surface area contributed by atoms with E-state index in [2.05, 4.69) is 15.9 Å². The molecule has 0 fully saturated rings. The van der Waals surface area contributed by atoms with Gasteiger partial charge in [-0.2, -0.15) is 0 Å². The number of rotatable bonds is 8. The second kappa shape index (κ2) is 12.5. The molecule has 4 aromatic rings. The smallest absolute Gasteiger partial charge is 0.338 e. The van der Waals surface area contributed by atoms with Crippen LogP contribution in [0.4, 0.5) is 0 Å². The van der Waals surface area contributed by atoms with Crippen LogP contribution in [0.25, 0.3) is 11.8 Å². The van der Waals surface area contributed by atoms with Gasteiger partial charge in [-0.1, -0.05) is 81.3 Å². The van der Waals surface area contributed by atoms with Gasteiger partial charge in [0.1, 0.15) is 0 Å². The van der Waals surface area contributed by atoms with Crippen molar-refractivity contribution < 1.29 is 19.0 Å². The summed E-state index contributed by atoms with van der Waals surface area (Å²) >= 11 is 11.0. The van der Waals surface area contributed by atoms with Crippen molar-refractivity contribution in [1.82, 2.24) is 4.57 Å². The molecule has 0 radical (unpaired) electrons. The third-order valence-electron chi connectivity index (χ3n) is 6.43. The Balaban J connectivity index is 1.80. The zero-order valence-electron chi connectivity index (χ0n) is 22.5. The maximum atomic E-state index is 14.1. The van der Waals surface area contributed by atoms with Crippen molar-refractivity contribution in [3.63, 3.8) is 0 Å². The largest absolute Gasteiger partial charge is 0.493 e. The molecule has 210 valence electrons. The second-order valence-corrected chi connectivity index (χ2v) is 11.2. The van der Waals surface area contributed by atoms with Crippen molar-refractivity contribution in [2.45, 2.75) is 19.9 Å². The normalized spacial score (nSPS) is 14.9. The monoisotopic (exact) mass is 652 g/mol. The second-order valence-electron chi connectivity index (χ2n) is 8.94. The van der Waals surface area contributed by atoms with E-state index in [1.807, 2.05) is 55.5 Å². The Morgan fingerprint density at radius 1 is 1.07 bits per heavy atom. The molecular formula is C31H26BrClN2O5S. The molecule has 1 aliphatic heterocycles. The number of aromatic nitrogens is 1. The fraction of sp³-hybridized carbons (Fsp3) is 0.194. The Hall–Kier alpha value is -3.66. The van der Waals surface area contributed by atoms with Crippen molar-refractivity contribution in [1.29, 1.82) is 0 Å². The highest BCUT2D eigenvalue weighted by molar-refractivity contribution is 9.10. The molecule has 0 N–H and O–H groups in total. The maximum Gasteiger partial charge on any atom is 0.338 e. The molecule has 0 aliphatic carbocycles. The molecule has 0 spiro atoms. The first-order valence-corrected chi connectivity index (χ1v) is 14.9. The van der Waals surface area contributed by atoms with Gasteiger partial charge < -0.3 is 14.2 Å². The summed E-state index contributed by atoms with van der Waals surface area (Å²) in [6.07, 6.45) is 1.78. The number of nitrogens with zero attached hydrogens (tertiary/aromatic N) is 2. The van der Waals surface area contributed by atoms with Gasteiger partial charge in [0.2, 0.25) is 0 Å². The first kappa shape index (κ1) is 28.9. The number of methoxy groups -OCH3 is 1. The van der Waals surface area contributed by atoms with Crippen molar-refractivity contribution in [2.24, 2.45) is 4.99 Å². The maximum absolute atomic E-state index is 14.1. The highest BCUT2D eigenvalue weighted by atomic mass is 79.9. The van der Waals surface area contributed by atoms with E-state index in [1.54, 1.807) is 42.9 Å². The summed E-state index contributed by atoms with van der Waals surface area (Å²) in [4.78, 5) is 33.0. The average Bonchev–Trinajstić information content (AvgIpc) is 3.29. The zero-order valence-corrected chi connectivity index (χ0v) is 25.7. The van der Waals surface area contributed by atoms with E-state index in [0.717, 1.165) is 15.6 Å². The van der Waals surface area contributed by atoms with E-state index in [4.69, 9.17) is 30.8 Å².